The number of benzene rings is 1. The number of ether oxygens (including phenoxy) is 2. The SMILES string of the molecule is COCC(C)NC(=O)NC(=O)COc1ccccc1CCC(C)CC1CCCCC1. The summed E-state index contributed by atoms with van der Waals surface area (Å²) >= 11 is 0. The quantitative estimate of drug-likeness (QED) is 0.556. The monoisotopic (exact) mass is 418 g/mol. The first kappa shape index (κ1) is 24.2. The molecule has 1 aliphatic rings. The van der Waals surface area contributed by atoms with Crippen LogP contribution in [0.15, 0.2) is 24.3 Å². The molecule has 1 saturated carbocycles. The Bertz CT molecular complexity index is 658. The van der Waals surface area contributed by atoms with Crippen molar-refractivity contribution in [3.63, 3.8) is 0 Å². The lowest BCUT2D eigenvalue weighted by molar-refractivity contribution is -0.122. The predicted molar refractivity (Wildman–Crippen MR) is 119 cm³/mol. The second-order valence-electron chi connectivity index (χ2n) is 8.66. The minimum Gasteiger partial charge on any atom is -0.483 e. The number of urea groups is 1. The molecule has 0 aromatic heterocycles. The molecule has 2 N–H and O–H groups in total. The number of methoxy groups -OCH3 is 1. The molecular weight excluding hydrogens is 380 g/mol. The lowest BCUT2D eigenvalue weighted by atomic mass is 9.82. The van der Waals surface area contributed by atoms with Gasteiger partial charge in [0.1, 0.15) is 5.75 Å². The number of amides is 3. The van der Waals surface area contributed by atoms with Gasteiger partial charge in [-0.1, -0.05) is 57.2 Å². The molecule has 0 aliphatic heterocycles. The molecule has 1 fully saturated rings. The summed E-state index contributed by atoms with van der Waals surface area (Å²) in [5, 5.41) is 4.92. The van der Waals surface area contributed by atoms with E-state index in [9.17, 15) is 9.59 Å². The number of aryl methyl sites for hydroxylation is 1. The van der Waals surface area contributed by atoms with Gasteiger partial charge in [-0.05, 0) is 49.7 Å². The largest absolute Gasteiger partial charge is 0.483 e. The van der Waals surface area contributed by atoms with Crippen molar-refractivity contribution in [1.82, 2.24) is 10.6 Å². The fourth-order valence-corrected chi connectivity index (χ4v) is 4.22. The lowest BCUT2D eigenvalue weighted by Crippen LogP contribution is -2.46. The van der Waals surface area contributed by atoms with Crippen molar-refractivity contribution in [2.45, 2.75) is 71.3 Å². The summed E-state index contributed by atoms with van der Waals surface area (Å²) < 4.78 is 10.7. The van der Waals surface area contributed by atoms with Crippen LogP contribution >= 0.6 is 0 Å². The zero-order valence-electron chi connectivity index (χ0n) is 18.7. The molecule has 1 aliphatic carbocycles. The van der Waals surface area contributed by atoms with Crippen LogP contribution < -0.4 is 15.4 Å². The summed E-state index contributed by atoms with van der Waals surface area (Å²) in [6.45, 7) is 4.33. The number of hydrogen-bond donors (Lipinski definition) is 2. The normalized spacial score (nSPS) is 16.5. The molecule has 30 heavy (non-hydrogen) atoms. The van der Waals surface area contributed by atoms with Crippen LogP contribution in [0.25, 0.3) is 0 Å². The third-order valence-electron chi connectivity index (χ3n) is 5.75. The lowest BCUT2D eigenvalue weighted by Gasteiger charge is -2.24. The van der Waals surface area contributed by atoms with Gasteiger partial charge in [-0.3, -0.25) is 10.1 Å². The number of hydrogen-bond acceptors (Lipinski definition) is 4. The predicted octanol–water partition coefficient (Wildman–Crippen LogP) is 4.47. The van der Waals surface area contributed by atoms with E-state index in [-0.39, 0.29) is 12.6 Å². The van der Waals surface area contributed by atoms with Gasteiger partial charge >= 0.3 is 6.03 Å². The van der Waals surface area contributed by atoms with Crippen molar-refractivity contribution >= 4 is 11.9 Å². The van der Waals surface area contributed by atoms with E-state index in [4.69, 9.17) is 9.47 Å². The maximum atomic E-state index is 12.0. The molecule has 0 radical (unpaired) electrons. The number of carbonyl (C=O) groups excluding carboxylic acids is 2. The first-order valence-electron chi connectivity index (χ1n) is 11.3. The average molecular weight is 419 g/mol. The number of nitrogens with one attached hydrogen (secondary N) is 2. The summed E-state index contributed by atoms with van der Waals surface area (Å²) in [6, 6.07) is 7.12. The Hall–Kier alpha value is -2.08. The first-order valence-corrected chi connectivity index (χ1v) is 11.3. The van der Waals surface area contributed by atoms with Crippen LogP contribution in [0.2, 0.25) is 0 Å². The molecular formula is C24H38N2O4. The third-order valence-corrected chi connectivity index (χ3v) is 5.75. The Balaban J connectivity index is 1.76. The summed E-state index contributed by atoms with van der Waals surface area (Å²) in [4.78, 5) is 23.8. The van der Waals surface area contributed by atoms with Crippen molar-refractivity contribution < 1.29 is 19.1 Å². The molecule has 0 saturated heterocycles. The van der Waals surface area contributed by atoms with Crippen LogP contribution in [0.3, 0.4) is 0 Å². The second-order valence-corrected chi connectivity index (χ2v) is 8.66. The molecule has 1 aromatic rings. The van der Waals surface area contributed by atoms with Crippen LogP contribution in [0.4, 0.5) is 4.79 Å². The Morgan fingerprint density at radius 3 is 2.60 bits per heavy atom. The van der Waals surface area contributed by atoms with Crippen molar-refractivity contribution in [2.24, 2.45) is 11.8 Å². The Morgan fingerprint density at radius 2 is 1.87 bits per heavy atom. The van der Waals surface area contributed by atoms with Gasteiger partial charge in [-0.25, -0.2) is 4.79 Å². The number of para-hydroxylation sites is 1. The van der Waals surface area contributed by atoms with Crippen LogP contribution in [0.5, 0.6) is 5.75 Å². The van der Waals surface area contributed by atoms with Crippen LogP contribution in [0.1, 0.15) is 64.4 Å². The molecule has 0 bridgehead atoms. The minimum atomic E-state index is -0.544. The maximum absolute atomic E-state index is 12.0. The van der Waals surface area contributed by atoms with Crippen molar-refractivity contribution in [1.29, 1.82) is 0 Å². The fourth-order valence-electron chi connectivity index (χ4n) is 4.22. The van der Waals surface area contributed by atoms with E-state index < -0.39 is 11.9 Å². The van der Waals surface area contributed by atoms with Gasteiger partial charge in [0.2, 0.25) is 0 Å². The molecule has 6 heteroatoms. The zero-order chi connectivity index (χ0) is 21.8. The van der Waals surface area contributed by atoms with Crippen LogP contribution in [-0.2, 0) is 16.0 Å². The first-order chi connectivity index (χ1) is 14.5. The highest BCUT2D eigenvalue weighted by atomic mass is 16.5. The van der Waals surface area contributed by atoms with E-state index >= 15 is 0 Å². The summed E-state index contributed by atoms with van der Waals surface area (Å²) in [5.74, 6) is 1.81. The van der Waals surface area contributed by atoms with E-state index in [2.05, 4.69) is 23.6 Å². The summed E-state index contributed by atoms with van der Waals surface area (Å²) in [7, 11) is 1.56. The highest BCUT2D eigenvalue weighted by Crippen LogP contribution is 2.31. The molecule has 0 spiro atoms. The molecule has 6 nitrogen and oxygen atoms in total. The highest BCUT2D eigenvalue weighted by molar-refractivity contribution is 5.95. The minimum absolute atomic E-state index is 0.181. The van der Waals surface area contributed by atoms with Crippen molar-refractivity contribution in [2.75, 3.05) is 20.3 Å². The Labute approximate surface area is 181 Å². The number of rotatable bonds is 11. The number of carbonyl (C=O) groups is 2. The maximum Gasteiger partial charge on any atom is 0.321 e. The molecule has 168 valence electrons. The highest BCUT2D eigenvalue weighted by Gasteiger charge is 2.17. The van der Waals surface area contributed by atoms with E-state index in [0.29, 0.717) is 18.3 Å². The van der Waals surface area contributed by atoms with Crippen LogP contribution in [-0.4, -0.2) is 38.3 Å². The van der Waals surface area contributed by atoms with Gasteiger partial charge in [-0.15, -0.1) is 0 Å². The van der Waals surface area contributed by atoms with E-state index in [0.717, 1.165) is 24.3 Å². The van der Waals surface area contributed by atoms with Crippen LogP contribution in [0, 0.1) is 11.8 Å². The van der Waals surface area contributed by atoms with Gasteiger partial charge in [0.05, 0.1) is 12.6 Å². The van der Waals surface area contributed by atoms with Gasteiger partial charge in [0.15, 0.2) is 6.61 Å². The molecule has 3 amide bonds. The second kappa shape index (κ2) is 13.3. The Morgan fingerprint density at radius 1 is 1.13 bits per heavy atom. The molecule has 0 heterocycles. The molecule has 2 atom stereocenters. The standard InChI is InChI=1S/C24H38N2O4/c1-18(15-20-9-5-4-6-10-20)13-14-21-11-7-8-12-22(21)30-17-23(27)26-24(28)25-19(2)16-29-3/h7-8,11-12,18-20H,4-6,9-10,13-17H2,1-3H3,(H2,25,26,27,28). The fraction of sp³-hybridized carbons (Fsp3) is 0.667. The summed E-state index contributed by atoms with van der Waals surface area (Å²) in [5.41, 5.74) is 1.11. The average Bonchev–Trinajstić information content (AvgIpc) is 2.72. The van der Waals surface area contributed by atoms with Gasteiger partial charge in [0.25, 0.3) is 5.91 Å². The van der Waals surface area contributed by atoms with Crippen molar-refractivity contribution in [3.05, 3.63) is 29.8 Å². The molecule has 2 unspecified atom stereocenters. The van der Waals surface area contributed by atoms with E-state index in [1.807, 2.05) is 18.2 Å². The Kier molecular flexibility index (Phi) is 10.7. The smallest absolute Gasteiger partial charge is 0.321 e. The van der Waals surface area contributed by atoms with Gasteiger partial charge < -0.3 is 14.8 Å². The number of imide groups is 1. The van der Waals surface area contributed by atoms with Crippen molar-refractivity contribution in [3.8, 4) is 5.75 Å². The summed E-state index contributed by atoms with van der Waals surface area (Å²) in [6.07, 6.45) is 10.3. The van der Waals surface area contributed by atoms with Gasteiger partial charge in [-0.2, -0.15) is 0 Å². The molecule has 1 aromatic carbocycles. The third kappa shape index (κ3) is 9.16. The molecule has 2 rings (SSSR count). The van der Waals surface area contributed by atoms with E-state index in [1.165, 1.54) is 38.5 Å². The van der Waals surface area contributed by atoms with E-state index in [1.54, 1.807) is 14.0 Å². The van der Waals surface area contributed by atoms with Gasteiger partial charge in [0, 0.05) is 7.11 Å². The zero-order valence-corrected chi connectivity index (χ0v) is 18.7. The topological polar surface area (TPSA) is 76.7 Å².